The molecule has 0 aliphatic carbocycles. The molecule has 0 saturated carbocycles. The lowest BCUT2D eigenvalue weighted by Gasteiger charge is -2.30. The molecule has 7 heteroatoms. The first-order valence-corrected chi connectivity index (χ1v) is 7.81. The van der Waals surface area contributed by atoms with E-state index in [-0.39, 0.29) is 20.9 Å². The number of phenolic OH excluding ortho intramolecular Hbond substituents is 1. The molecule has 1 aromatic carbocycles. The molecule has 1 amide bonds. The third-order valence-electron chi connectivity index (χ3n) is 3.20. The number of carboxylic acids is 1. The highest BCUT2D eigenvalue weighted by Crippen LogP contribution is 2.36. The fraction of sp³-hybridized carbons (Fsp3) is 0.267. The molecule has 0 spiro atoms. The number of hydrogen-bond acceptors (Lipinski definition) is 6. The third kappa shape index (κ3) is 3.15. The van der Waals surface area contributed by atoms with E-state index in [1.807, 2.05) is 0 Å². The number of amides is 1. The summed E-state index contributed by atoms with van der Waals surface area (Å²) < 4.78 is 0.176. The van der Waals surface area contributed by atoms with Crippen molar-refractivity contribution in [2.24, 2.45) is 5.92 Å². The zero-order valence-corrected chi connectivity index (χ0v) is 13.6. The van der Waals surface area contributed by atoms with Crippen LogP contribution in [0.2, 0.25) is 0 Å². The quantitative estimate of drug-likeness (QED) is 0.661. The normalized spacial score (nSPS) is 18.3. The van der Waals surface area contributed by atoms with Crippen molar-refractivity contribution in [2.75, 3.05) is 0 Å². The standard InChI is InChI=1S/C15H15NO4S2/c1-8(2)12(14(19)20)16-13(18)11(22-15(16)21)7-9-5-3-4-6-10(9)17/h3-8,12,17H,1-2H3,(H,19,20)/p-1/b11-7+/t12-/m0/s1. The fourth-order valence-electron chi connectivity index (χ4n) is 2.15. The van der Waals surface area contributed by atoms with Gasteiger partial charge >= 0.3 is 0 Å². The molecule has 1 fully saturated rings. The van der Waals surface area contributed by atoms with Crippen LogP contribution in [0.25, 0.3) is 6.08 Å². The molecule has 5 nitrogen and oxygen atoms in total. The minimum atomic E-state index is -1.34. The molecule has 1 atom stereocenters. The van der Waals surface area contributed by atoms with E-state index in [4.69, 9.17) is 12.2 Å². The number of carbonyl (C=O) groups excluding carboxylic acids is 2. The lowest BCUT2D eigenvalue weighted by molar-refractivity contribution is -0.311. The van der Waals surface area contributed by atoms with Crippen LogP contribution in [-0.2, 0) is 9.59 Å². The average Bonchev–Trinajstić information content (AvgIpc) is 2.69. The first kappa shape index (κ1) is 16.5. The summed E-state index contributed by atoms with van der Waals surface area (Å²) in [4.78, 5) is 25.1. The minimum absolute atomic E-state index is 0.0353. The molecular formula is C15H14NO4S2-. The molecule has 0 bridgehead atoms. The van der Waals surface area contributed by atoms with Gasteiger partial charge in [-0.05, 0) is 18.1 Å². The molecule has 0 radical (unpaired) electrons. The molecule has 1 heterocycles. The fourth-order valence-corrected chi connectivity index (χ4v) is 3.47. The predicted octanol–water partition coefficient (Wildman–Crippen LogP) is 1.37. The summed E-state index contributed by atoms with van der Waals surface area (Å²) in [6, 6.07) is 5.45. The number of para-hydroxylation sites is 1. The minimum Gasteiger partial charge on any atom is -0.548 e. The third-order valence-corrected chi connectivity index (χ3v) is 4.53. The van der Waals surface area contributed by atoms with Crippen LogP contribution in [0.3, 0.4) is 0 Å². The van der Waals surface area contributed by atoms with Crippen molar-refractivity contribution in [3.05, 3.63) is 34.7 Å². The molecule has 0 unspecified atom stereocenters. The van der Waals surface area contributed by atoms with Crippen molar-refractivity contribution in [3.8, 4) is 5.75 Å². The van der Waals surface area contributed by atoms with Crippen molar-refractivity contribution in [1.82, 2.24) is 4.90 Å². The summed E-state index contributed by atoms with van der Waals surface area (Å²) in [6.45, 7) is 3.37. The Morgan fingerprint density at radius 1 is 1.41 bits per heavy atom. The molecule has 1 N–H and O–H groups in total. The van der Waals surface area contributed by atoms with Gasteiger partial charge < -0.3 is 15.0 Å². The van der Waals surface area contributed by atoms with Crippen LogP contribution < -0.4 is 5.11 Å². The van der Waals surface area contributed by atoms with Gasteiger partial charge in [-0.25, -0.2) is 0 Å². The zero-order valence-electron chi connectivity index (χ0n) is 12.0. The SMILES string of the molecule is CC(C)[C@@H](C(=O)[O-])N1C(=O)/C(=C\c2ccccc2O)SC1=S. The van der Waals surface area contributed by atoms with Gasteiger partial charge in [0, 0.05) is 5.56 Å². The van der Waals surface area contributed by atoms with Crippen LogP contribution in [0.1, 0.15) is 19.4 Å². The topological polar surface area (TPSA) is 80.7 Å². The van der Waals surface area contributed by atoms with Crippen LogP contribution in [-0.4, -0.2) is 32.2 Å². The largest absolute Gasteiger partial charge is 0.548 e. The van der Waals surface area contributed by atoms with Crippen LogP contribution in [0, 0.1) is 5.92 Å². The van der Waals surface area contributed by atoms with E-state index in [9.17, 15) is 19.8 Å². The van der Waals surface area contributed by atoms with E-state index in [0.717, 1.165) is 16.7 Å². The van der Waals surface area contributed by atoms with E-state index >= 15 is 0 Å². The lowest BCUT2D eigenvalue weighted by atomic mass is 10.0. The van der Waals surface area contributed by atoms with Gasteiger partial charge in [0.15, 0.2) is 0 Å². The molecule has 1 aliphatic rings. The Hall–Kier alpha value is -1.86. The van der Waals surface area contributed by atoms with E-state index in [1.165, 1.54) is 12.1 Å². The Labute approximate surface area is 137 Å². The van der Waals surface area contributed by atoms with Crippen molar-refractivity contribution in [2.45, 2.75) is 19.9 Å². The van der Waals surface area contributed by atoms with Crippen LogP contribution in [0.4, 0.5) is 0 Å². The van der Waals surface area contributed by atoms with Gasteiger partial charge in [0.1, 0.15) is 10.1 Å². The summed E-state index contributed by atoms with van der Waals surface area (Å²) in [7, 11) is 0. The predicted molar refractivity (Wildman–Crippen MR) is 86.8 cm³/mol. The lowest BCUT2D eigenvalue weighted by Crippen LogP contribution is -2.52. The van der Waals surface area contributed by atoms with E-state index in [1.54, 1.807) is 32.0 Å². The number of thiocarbonyl (C=S) groups is 1. The van der Waals surface area contributed by atoms with Crippen molar-refractivity contribution in [1.29, 1.82) is 0 Å². The molecule has 2 rings (SSSR count). The number of phenols is 1. The summed E-state index contributed by atoms with van der Waals surface area (Å²) in [5.74, 6) is -2.12. The number of aliphatic carboxylic acids is 1. The summed E-state index contributed by atoms with van der Waals surface area (Å²) in [5.41, 5.74) is 0.470. The van der Waals surface area contributed by atoms with Gasteiger partial charge in [0.05, 0.1) is 16.9 Å². The van der Waals surface area contributed by atoms with Crippen LogP contribution >= 0.6 is 24.0 Å². The second kappa shape index (κ2) is 6.50. The van der Waals surface area contributed by atoms with Gasteiger partial charge in [-0.15, -0.1) is 0 Å². The Kier molecular flexibility index (Phi) is 4.87. The Morgan fingerprint density at radius 3 is 2.59 bits per heavy atom. The molecule has 116 valence electrons. The Balaban J connectivity index is 2.37. The van der Waals surface area contributed by atoms with Crippen molar-refractivity contribution >= 4 is 46.3 Å². The van der Waals surface area contributed by atoms with E-state index in [0.29, 0.717) is 5.56 Å². The van der Waals surface area contributed by atoms with Gasteiger partial charge in [0.2, 0.25) is 0 Å². The average molecular weight is 336 g/mol. The summed E-state index contributed by atoms with van der Waals surface area (Å²) >= 11 is 6.15. The number of hydrogen-bond donors (Lipinski definition) is 1. The second-order valence-electron chi connectivity index (χ2n) is 5.12. The monoisotopic (exact) mass is 336 g/mol. The summed E-state index contributed by atoms with van der Waals surface area (Å²) in [6.07, 6.45) is 1.50. The molecular weight excluding hydrogens is 322 g/mol. The van der Waals surface area contributed by atoms with E-state index < -0.39 is 17.9 Å². The number of carboxylic acid groups (broad SMARTS) is 1. The first-order valence-electron chi connectivity index (χ1n) is 6.59. The highest BCUT2D eigenvalue weighted by Gasteiger charge is 2.39. The number of benzene rings is 1. The van der Waals surface area contributed by atoms with Gasteiger partial charge in [-0.1, -0.05) is 56.0 Å². The maximum absolute atomic E-state index is 12.5. The number of carbonyl (C=O) groups is 2. The highest BCUT2D eigenvalue weighted by atomic mass is 32.2. The Bertz CT molecular complexity index is 669. The van der Waals surface area contributed by atoms with Gasteiger partial charge in [0.25, 0.3) is 5.91 Å². The number of nitrogens with zero attached hydrogens (tertiary/aromatic N) is 1. The molecule has 1 aliphatic heterocycles. The van der Waals surface area contributed by atoms with Gasteiger partial charge in [-0.3, -0.25) is 9.69 Å². The van der Waals surface area contributed by atoms with Gasteiger partial charge in [-0.2, -0.15) is 0 Å². The Morgan fingerprint density at radius 2 is 2.05 bits per heavy atom. The van der Waals surface area contributed by atoms with Crippen molar-refractivity contribution in [3.63, 3.8) is 0 Å². The molecule has 0 aromatic heterocycles. The molecule has 22 heavy (non-hydrogen) atoms. The molecule has 1 aromatic rings. The van der Waals surface area contributed by atoms with E-state index in [2.05, 4.69) is 0 Å². The number of aromatic hydroxyl groups is 1. The van der Waals surface area contributed by atoms with Crippen molar-refractivity contribution < 1.29 is 19.8 Å². The van der Waals surface area contributed by atoms with Crippen LogP contribution in [0.15, 0.2) is 29.2 Å². The first-order chi connectivity index (χ1) is 10.3. The maximum Gasteiger partial charge on any atom is 0.266 e. The zero-order chi connectivity index (χ0) is 16.4. The summed E-state index contributed by atoms with van der Waals surface area (Å²) in [5, 5.41) is 21.1. The maximum atomic E-state index is 12.5. The van der Waals surface area contributed by atoms with Crippen LogP contribution in [0.5, 0.6) is 5.75 Å². The smallest absolute Gasteiger partial charge is 0.266 e. The number of thioether (sulfide) groups is 1. The number of rotatable bonds is 4. The second-order valence-corrected chi connectivity index (χ2v) is 6.79. The highest BCUT2D eigenvalue weighted by molar-refractivity contribution is 8.26. The molecule has 1 saturated heterocycles.